The minimum Gasteiger partial charge on any atom is -0.478 e. The van der Waals surface area contributed by atoms with Gasteiger partial charge in [-0.15, -0.1) is 0 Å². The lowest BCUT2D eigenvalue weighted by atomic mass is 9.96. The molecule has 0 aliphatic rings. The fraction of sp³-hybridized carbons (Fsp3) is 0. The first kappa shape index (κ1) is 9.24. The number of carbonyl (C=O) groups is 2. The summed E-state index contributed by atoms with van der Waals surface area (Å²) in [5.41, 5.74) is -0.809. The Kier molecular flexibility index (Phi) is 2.32. The lowest BCUT2D eigenvalue weighted by Crippen LogP contribution is -2.16. The molecule has 1 heterocycles. The molecule has 0 saturated carbocycles. The van der Waals surface area contributed by atoms with Gasteiger partial charge in [0.25, 0.3) is 0 Å². The van der Waals surface area contributed by atoms with Crippen LogP contribution in [0.4, 0.5) is 0 Å². The number of hydrogen-bond acceptors (Lipinski definition) is 3. The van der Waals surface area contributed by atoms with Gasteiger partial charge in [0, 0.05) is 6.20 Å². The lowest BCUT2D eigenvalue weighted by Gasteiger charge is -2.00. The highest BCUT2D eigenvalue weighted by Crippen LogP contribution is 2.03. The van der Waals surface area contributed by atoms with E-state index in [9.17, 15) is 9.59 Å². The van der Waals surface area contributed by atoms with Crippen molar-refractivity contribution in [3.63, 3.8) is 0 Å². The predicted octanol–water partition coefficient (Wildman–Crippen LogP) is -0.728. The average Bonchev–Trinajstić information content (AvgIpc) is 2.03. The zero-order chi connectivity index (χ0) is 10.0. The molecule has 13 heavy (non-hydrogen) atoms. The van der Waals surface area contributed by atoms with E-state index in [1.807, 2.05) is 0 Å². The molecule has 0 bridgehead atoms. The Morgan fingerprint density at radius 3 is 2.38 bits per heavy atom. The summed E-state index contributed by atoms with van der Waals surface area (Å²) in [6.45, 7) is 0. The van der Waals surface area contributed by atoms with E-state index in [2.05, 4.69) is 4.98 Å². The van der Waals surface area contributed by atoms with Crippen molar-refractivity contribution in [2.24, 2.45) is 0 Å². The molecule has 1 aromatic rings. The second kappa shape index (κ2) is 3.26. The molecule has 0 saturated heterocycles. The van der Waals surface area contributed by atoms with Gasteiger partial charge >= 0.3 is 11.9 Å². The van der Waals surface area contributed by atoms with Crippen LogP contribution in [0.5, 0.6) is 0 Å². The van der Waals surface area contributed by atoms with E-state index in [4.69, 9.17) is 18.1 Å². The van der Waals surface area contributed by atoms with Gasteiger partial charge in [-0.2, -0.15) is 0 Å². The molecule has 0 fully saturated rings. The Balaban J connectivity index is 3.35. The van der Waals surface area contributed by atoms with Gasteiger partial charge in [-0.25, -0.2) is 14.6 Å². The SMILES string of the molecule is [B]c1cnc(C(=O)O)c(C(=O)O)c1. The van der Waals surface area contributed by atoms with Crippen molar-refractivity contribution in [2.45, 2.75) is 0 Å². The molecule has 1 aromatic heterocycles. The van der Waals surface area contributed by atoms with E-state index in [0.29, 0.717) is 0 Å². The van der Waals surface area contributed by atoms with Crippen LogP contribution in [0.3, 0.4) is 0 Å². The largest absolute Gasteiger partial charge is 0.478 e. The Bertz CT molecular complexity index is 377. The van der Waals surface area contributed by atoms with Crippen molar-refractivity contribution >= 4 is 25.2 Å². The van der Waals surface area contributed by atoms with Crippen molar-refractivity contribution in [1.29, 1.82) is 0 Å². The lowest BCUT2D eigenvalue weighted by molar-refractivity contribution is 0.0646. The molecule has 0 aliphatic carbocycles. The Morgan fingerprint density at radius 2 is 1.92 bits per heavy atom. The van der Waals surface area contributed by atoms with E-state index in [1.165, 1.54) is 0 Å². The standard InChI is InChI=1S/C7H4BNO4/c8-3-1-4(6(10)11)5(7(12)13)9-2-3/h1-2H,(H,10,11)(H,12,13). The first-order valence-corrected chi connectivity index (χ1v) is 3.24. The van der Waals surface area contributed by atoms with Gasteiger partial charge in [0.15, 0.2) is 5.69 Å². The van der Waals surface area contributed by atoms with Crippen molar-refractivity contribution in [3.8, 4) is 0 Å². The molecule has 0 amide bonds. The van der Waals surface area contributed by atoms with E-state index in [1.54, 1.807) is 0 Å². The van der Waals surface area contributed by atoms with Crippen molar-refractivity contribution in [3.05, 3.63) is 23.5 Å². The fourth-order valence-corrected chi connectivity index (χ4v) is 0.814. The highest BCUT2D eigenvalue weighted by Gasteiger charge is 2.16. The molecule has 0 unspecified atom stereocenters. The molecular weight excluding hydrogens is 173 g/mol. The number of rotatable bonds is 2. The highest BCUT2D eigenvalue weighted by atomic mass is 16.4. The maximum Gasteiger partial charge on any atom is 0.355 e. The molecule has 64 valence electrons. The number of carboxylic acids is 2. The summed E-state index contributed by atoms with van der Waals surface area (Å²) < 4.78 is 0. The van der Waals surface area contributed by atoms with Crippen LogP contribution in [0.1, 0.15) is 20.8 Å². The highest BCUT2D eigenvalue weighted by molar-refractivity contribution is 6.32. The molecule has 1 rings (SSSR count). The van der Waals surface area contributed by atoms with Crippen molar-refractivity contribution in [1.82, 2.24) is 4.98 Å². The van der Waals surface area contributed by atoms with Crippen LogP contribution in [0, 0.1) is 0 Å². The fourth-order valence-electron chi connectivity index (χ4n) is 0.814. The van der Waals surface area contributed by atoms with Crippen molar-refractivity contribution in [2.75, 3.05) is 0 Å². The summed E-state index contributed by atoms with van der Waals surface area (Å²) >= 11 is 0. The second-order valence-corrected chi connectivity index (χ2v) is 2.28. The van der Waals surface area contributed by atoms with Gasteiger partial charge in [-0.05, 0) is 0 Å². The number of aromatic nitrogens is 1. The molecular formula is C7H4BNO4. The van der Waals surface area contributed by atoms with Crippen LogP contribution in [0.2, 0.25) is 0 Å². The Labute approximate surface area is 74.4 Å². The van der Waals surface area contributed by atoms with E-state index < -0.39 is 23.2 Å². The maximum atomic E-state index is 10.5. The van der Waals surface area contributed by atoms with E-state index >= 15 is 0 Å². The van der Waals surface area contributed by atoms with Crippen LogP contribution < -0.4 is 5.46 Å². The van der Waals surface area contributed by atoms with Crippen LogP contribution in [0.25, 0.3) is 0 Å². The van der Waals surface area contributed by atoms with Crippen LogP contribution in [-0.4, -0.2) is 35.0 Å². The summed E-state index contributed by atoms with van der Waals surface area (Å²) in [6, 6.07) is 1.05. The molecule has 0 aliphatic heterocycles. The molecule has 0 atom stereocenters. The molecule has 0 aromatic carbocycles. The topological polar surface area (TPSA) is 87.5 Å². The van der Waals surface area contributed by atoms with Crippen LogP contribution in [0.15, 0.2) is 12.3 Å². The third kappa shape index (κ3) is 1.84. The maximum absolute atomic E-state index is 10.5. The number of carboxylic acid groups (broad SMARTS) is 2. The number of hydrogen-bond donors (Lipinski definition) is 2. The number of aromatic carboxylic acids is 2. The van der Waals surface area contributed by atoms with E-state index in [-0.39, 0.29) is 5.46 Å². The average molecular weight is 177 g/mol. The van der Waals surface area contributed by atoms with Crippen molar-refractivity contribution < 1.29 is 19.8 Å². The zero-order valence-corrected chi connectivity index (χ0v) is 6.39. The minimum atomic E-state index is -1.39. The summed E-state index contributed by atoms with van der Waals surface area (Å²) in [6.07, 6.45) is 1.09. The Morgan fingerprint density at radius 1 is 1.31 bits per heavy atom. The zero-order valence-electron chi connectivity index (χ0n) is 6.39. The number of pyridine rings is 1. The number of nitrogens with zero attached hydrogens (tertiary/aromatic N) is 1. The first-order chi connectivity index (χ1) is 6.02. The summed E-state index contributed by atoms with van der Waals surface area (Å²) in [5.74, 6) is -2.76. The van der Waals surface area contributed by atoms with Gasteiger partial charge in [-0.1, -0.05) is 11.5 Å². The van der Waals surface area contributed by atoms with Gasteiger partial charge in [-0.3, -0.25) is 0 Å². The van der Waals surface area contributed by atoms with E-state index in [0.717, 1.165) is 12.3 Å². The smallest absolute Gasteiger partial charge is 0.355 e. The minimum absolute atomic E-state index is 0.113. The quantitative estimate of drug-likeness (QED) is 0.581. The van der Waals surface area contributed by atoms with Gasteiger partial charge in [0.1, 0.15) is 7.85 Å². The summed E-state index contributed by atoms with van der Waals surface area (Å²) in [5, 5.41) is 17.1. The van der Waals surface area contributed by atoms with Crippen LogP contribution >= 0.6 is 0 Å². The molecule has 2 radical (unpaired) electrons. The predicted molar refractivity (Wildman–Crippen MR) is 43.5 cm³/mol. The molecule has 0 spiro atoms. The third-order valence-electron chi connectivity index (χ3n) is 1.34. The molecule has 2 N–H and O–H groups in total. The van der Waals surface area contributed by atoms with Gasteiger partial charge in [0.2, 0.25) is 0 Å². The van der Waals surface area contributed by atoms with Gasteiger partial charge < -0.3 is 10.2 Å². The Hall–Kier alpha value is -1.85. The normalized spacial score (nSPS) is 9.54. The summed E-state index contributed by atoms with van der Waals surface area (Å²) in [7, 11) is 5.25. The van der Waals surface area contributed by atoms with Crippen LogP contribution in [-0.2, 0) is 0 Å². The van der Waals surface area contributed by atoms with Gasteiger partial charge in [0.05, 0.1) is 5.56 Å². The first-order valence-electron chi connectivity index (χ1n) is 3.24. The second-order valence-electron chi connectivity index (χ2n) is 2.28. The monoisotopic (exact) mass is 177 g/mol. The third-order valence-corrected chi connectivity index (χ3v) is 1.34. The summed E-state index contributed by atoms with van der Waals surface area (Å²) in [4.78, 5) is 24.4. The molecule has 5 nitrogen and oxygen atoms in total. The molecule has 6 heteroatoms.